The molecule has 1 aliphatic heterocycles. The van der Waals surface area contributed by atoms with Gasteiger partial charge in [0.1, 0.15) is 29.3 Å². The average Bonchev–Trinajstić information content (AvgIpc) is 3.74. The number of nitrogens with zero attached hydrogens (tertiary/aromatic N) is 4. The fourth-order valence-electron chi connectivity index (χ4n) is 6.45. The molecular formula is C29H33F4N5O2S. The number of hydrogen-bond donors (Lipinski definition) is 1. The molecule has 0 amide bonds. The minimum absolute atomic E-state index is 0.00171. The van der Waals surface area contributed by atoms with Crippen molar-refractivity contribution >= 4 is 26.6 Å². The number of aromatic nitrogens is 3. The molecule has 6 rings (SSSR count). The molecular weight excluding hydrogens is 558 g/mol. The van der Waals surface area contributed by atoms with Crippen LogP contribution in [0.2, 0.25) is 0 Å². The van der Waals surface area contributed by atoms with Gasteiger partial charge in [0.25, 0.3) is 12.0 Å². The molecule has 3 aromatic rings. The van der Waals surface area contributed by atoms with Crippen LogP contribution in [0.5, 0.6) is 0 Å². The first-order valence-electron chi connectivity index (χ1n) is 14.1. The summed E-state index contributed by atoms with van der Waals surface area (Å²) < 4.78 is 77.0. The van der Waals surface area contributed by atoms with E-state index in [-0.39, 0.29) is 46.9 Å². The van der Waals surface area contributed by atoms with E-state index in [9.17, 15) is 22.2 Å². The third-order valence-electron chi connectivity index (χ3n) is 8.93. The van der Waals surface area contributed by atoms with Crippen molar-refractivity contribution in [1.82, 2.24) is 14.5 Å². The summed E-state index contributed by atoms with van der Waals surface area (Å²) in [6.07, 6.45) is 1.94. The minimum Gasteiger partial charge on any atom is -0.363 e. The molecule has 1 atom stereocenters. The molecule has 2 aliphatic carbocycles. The average molecular weight is 592 g/mol. The Labute approximate surface area is 236 Å². The fraction of sp³-hybridized carbons (Fsp3) is 0.552. The zero-order valence-electron chi connectivity index (χ0n) is 23.0. The van der Waals surface area contributed by atoms with Gasteiger partial charge in [-0.3, -0.25) is 9.36 Å². The predicted molar refractivity (Wildman–Crippen MR) is 150 cm³/mol. The molecule has 3 fully saturated rings. The van der Waals surface area contributed by atoms with Crippen molar-refractivity contribution in [2.75, 3.05) is 16.8 Å². The fourth-order valence-corrected chi connectivity index (χ4v) is 9.76. The largest absolute Gasteiger partial charge is 0.363 e. The second kappa shape index (κ2) is 10.1. The highest BCUT2D eigenvalue weighted by molar-refractivity contribution is 7.95. The molecule has 1 spiro atoms. The molecule has 41 heavy (non-hydrogen) atoms. The smallest absolute Gasteiger partial charge is 0.266 e. The van der Waals surface area contributed by atoms with Gasteiger partial charge in [0.15, 0.2) is 0 Å². The summed E-state index contributed by atoms with van der Waals surface area (Å²) in [5.41, 5.74) is -2.91. The molecule has 7 nitrogen and oxygen atoms in total. The van der Waals surface area contributed by atoms with Gasteiger partial charge >= 0.3 is 0 Å². The number of alkyl halides is 3. The number of hydrogen-bond acceptors (Lipinski definition) is 6. The third-order valence-corrected chi connectivity index (χ3v) is 11.7. The molecule has 0 bridgehead atoms. The van der Waals surface area contributed by atoms with Crippen molar-refractivity contribution < 1.29 is 21.8 Å². The van der Waals surface area contributed by atoms with Crippen molar-refractivity contribution in [3.05, 3.63) is 63.5 Å². The number of aryl methyl sites for hydroxylation is 1. The van der Waals surface area contributed by atoms with Crippen molar-refractivity contribution in [2.45, 2.75) is 76.0 Å². The standard InChI is InChI=1S/C29H33F4N5O2S/c1-3-22(18-5-4-6-19(23(18)30)24(31)32)36-25-20-13-21(27(39)38(2)26(20)35-16-34-25)29(33)11-9-28(10-12-29)14-41(40,15-28)37-17-7-8-17/h4-6,13,16-17,22,24H,3,7-12,14-15H2,1-2H3,(H,34,35,36)/t22-,28?,29?,41?/m1/s1. The van der Waals surface area contributed by atoms with Crippen LogP contribution in [-0.4, -0.2) is 36.3 Å². The van der Waals surface area contributed by atoms with Gasteiger partial charge in [-0.2, -0.15) is 0 Å². The van der Waals surface area contributed by atoms with Gasteiger partial charge in [-0.05, 0) is 56.4 Å². The Balaban J connectivity index is 1.31. The lowest BCUT2D eigenvalue weighted by Crippen LogP contribution is -2.52. The molecule has 1 N–H and O–H groups in total. The van der Waals surface area contributed by atoms with E-state index in [1.807, 2.05) is 0 Å². The van der Waals surface area contributed by atoms with Gasteiger partial charge in [0.2, 0.25) is 0 Å². The summed E-state index contributed by atoms with van der Waals surface area (Å²) >= 11 is 0. The topological polar surface area (TPSA) is 89.2 Å². The summed E-state index contributed by atoms with van der Waals surface area (Å²) in [6, 6.07) is 4.87. The van der Waals surface area contributed by atoms with E-state index in [1.165, 1.54) is 36.1 Å². The van der Waals surface area contributed by atoms with E-state index in [0.29, 0.717) is 36.2 Å². The summed E-state index contributed by atoms with van der Waals surface area (Å²) in [5, 5.41) is 3.50. The Morgan fingerprint density at radius 3 is 2.46 bits per heavy atom. The zero-order valence-corrected chi connectivity index (χ0v) is 23.8. The molecule has 220 valence electrons. The van der Waals surface area contributed by atoms with Gasteiger partial charge < -0.3 is 5.32 Å². The first-order chi connectivity index (χ1) is 19.5. The predicted octanol–water partition coefficient (Wildman–Crippen LogP) is 6.34. The molecule has 1 saturated heterocycles. The molecule has 1 aromatic carbocycles. The first kappa shape index (κ1) is 28.1. The van der Waals surface area contributed by atoms with E-state index in [1.54, 1.807) is 6.92 Å². The summed E-state index contributed by atoms with van der Waals surface area (Å²) in [7, 11) is -0.673. The monoisotopic (exact) mass is 591 g/mol. The van der Waals surface area contributed by atoms with Crippen molar-refractivity contribution in [3.63, 3.8) is 0 Å². The second-order valence-corrected chi connectivity index (χ2v) is 14.2. The zero-order chi connectivity index (χ0) is 29.2. The Morgan fingerprint density at radius 1 is 1.15 bits per heavy atom. The minimum atomic E-state index is -2.96. The van der Waals surface area contributed by atoms with E-state index in [0.717, 1.165) is 18.9 Å². The van der Waals surface area contributed by atoms with Crippen LogP contribution in [0.15, 0.2) is 39.8 Å². The van der Waals surface area contributed by atoms with E-state index < -0.39 is 44.8 Å². The number of rotatable bonds is 7. The number of halogens is 4. The third kappa shape index (κ3) is 5.02. The Morgan fingerprint density at radius 2 is 1.83 bits per heavy atom. The van der Waals surface area contributed by atoms with Crippen molar-refractivity contribution in [2.24, 2.45) is 16.8 Å². The van der Waals surface area contributed by atoms with Gasteiger partial charge in [0.05, 0.1) is 28.6 Å². The molecule has 3 aliphatic rings. The van der Waals surface area contributed by atoms with Crippen LogP contribution in [0.25, 0.3) is 11.0 Å². The van der Waals surface area contributed by atoms with E-state index >= 15 is 4.39 Å². The highest BCUT2D eigenvalue weighted by atomic mass is 32.2. The SMILES string of the molecule is CC[C@@H](Nc1ncnc2c1cc(C1(F)CCC3(CC1)CS(=O)(=NC1CC1)C3)c(=O)n2C)c1cccc(C(F)F)c1F. The maximum atomic E-state index is 16.6. The maximum absolute atomic E-state index is 16.6. The summed E-state index contributed by atoms with van der Waals surface area (Å²) in [6.45, 7) is 1.78. The molecule has 12 heteroatoms. The number of pyridine rings is 1. The van der Waals surface area contributed by atoms with Crippen LogP contribution in [0.1, 0.15) is 81.0 Å². The second-order valence-electron chi connectivity index (χ2n) is 11.9. The lowest BCUT2D eigenvalue weighted by Gasteiger charge is -2.49. The van der Waals surface area contributed by atoms with E-state index in [4.69, 9.17) is 0 Å². The number of fused-ring (bicyclic) bond motifs is 1. The molecule has 0 radical (unpaired) electrons. The summed E-state index contributed by atoms with van der Waals surface area (Å²) in [4.78, 5) is 21.9. The van der Waals surface area contributed by atoms with Gasteiger partial charge in [0, 0.05) is 33.8 Å². The van der Waals surface area contributed by atoms with Crippen molar-refractivity contribution in [1.29, 1.82) is 0 Å². The summed E-state index contributed by atoms with van der Waals surface area (Å²) in [5.74, 6) is 0.270. The Bertz CT molecular complexity index is 1670. The molecule has 0 unspecified atom stereocenters. The van der Waals surface area contributed by atoms with Crippen LogP contribution in [-0.2, 0) is 22.4 Å². The Kier molecular flexibility index (Phi) is 6.90. The van der Waals surface area contributed by atoms with Gasteiger partial charge in [-0.1, -0.05) is 25.1 Å². The van der Waals surface area contributed by atoms with Crippen LogP contribution in [0, 0.1) is 11.2 Å². The number of nitrogens with one attached hydrogen (secondary N) is 1. The lowest BCUT2D eigenvalue weighted by molar-refractivity contribution is 0.0481. The number of anilines is 1. The molecule has 3 heterocycles. The van der Waals surface area contributed by atoms with Crippen molar-refractivity contribution in [3.8, 4) is 0 Å². The van der Waals surface area contributed by atoms with Gasteiger partial charge in [-0.15, -0.1) is 0 Å². The quantitative estimate of drug-likeness (QED) is 0.324. The van der Waals surface area contributed by atoms with E-state index in [2.05, 4.69) is 19.6 Å². The molecule has 2 saturated carbocycles. The van der Waals surface area contributed by atoms with Crippen LogP contribution in [0.3, 0.4) is 0 Å². The highest BCUT2D eigenvalue weighted by Crippen LogP contribution is 2.53. The highest BCUT2D eigenvalue weighted by Gasteiger charge is 2.53. The molecule has 2 aromatic heterocycles. The van der Waals surface area contributed by atoms with Gasteiger partial charge in [-0.25, -0.2) is 36.1 Å². The van der Waals surface area contributed by atoms with Crippen LogP contribution < -0.4 is 10.9 Å². The first-order valence-corrected chi connectivity index (χ1v) is 15.9. The number of benzene rings is 1. The maximum Gasteiger partial charge on any atom is 0.266 e. The van der Waals surface area contributed by atoms with Crippen LogP contribution in [0.4, 0.5) is 23.4 Å². The van der Waals surface area contributed by atoms with Crippen LogP contribution >= 0.6 is 0 Å². The normalized spacial score (nSPS) is 28.6. The lowest BCUT2D eigenvalue weighted by atomic mass is 9.69. The Hall–Kier alpha value is -3.02.